The molecule has 0 aliphatic rings. The summed E-state index contributed by atoms with van der Waals surface area (Å²) in [4.78, 5) is 2.05. The first-order valence-corrected chi connectivity index (χ1v) is 6.75. The SMILES string of the molecule is C=CCN(CCO)Cc1cc(CNCC(C)C)no1. The highest BCUT2D eigenvalue weighted by Crippen LogP contribution is 2.07. The maximum absolute atomic E-state index is 8.98. The summed E-state index contributed by atoms with van der Waals surface area (Å²) in [5, 5.41) is 16.3. The second-order valence-corrected chi connectivity index (χ2v) is 5.06. The molecule has 1 aromatic heterocycles. The zero-order chi connectivity index (χ0) is 14.1. The van der Waals surface area contributed by atoms with Crippen molar-refractivity contribution < 1.29 is 9.63 Å². The average molecular weight is 267 g/mol. The maximum Gasteiger partial charge on any atom is 0.151 e. The number of aliphatic hydroxyl groups is 1. The van der Waals surface area contributed by atoms with Crippen molar-refractivity contribution in [2.24, 2.45) is 5.92 Å². The third-order valence-corrected chi connectivity index (χ3v) is 2.65. The van der Waals surface area contributed by atoms with Gasteiger partial charge < -0.3 is 14.9 Å². The molecule has 108 valence electrons. The third-order valence-electron chi connectivity index (χ3n) is 2.65. The van der Waals surface area contributed by atoms with Gasteiger partial charge in [-0.15, -0.1) is 6.58 Å². The molecule has 0 spiro atoms. The lowest BCUT2D eigenvalue weighted by atomic mass is 10.2. The highest BCUT2D eigenvalue weighted by molar-refractivity contribution is 5.05. The van der Waals surface area contributed by atoms with Crippen molar-refractivity contribution in [1.29, 1.82) is 0 Å². The summed E-state index contributed by atoms with van der Waals surface area (Å²) in [6.45, 7) is 11.8. The van der Waals surface area contributed by atoms with Gasteiger partial charge in [-0.25, -0.2) is 0 Å². The second kappa shape index (κ2) is 8.85. The molecule has 0 aliphatic heterocycles. The van der Waals surface area contributed by atoms with Crippen LogP contribution in [0.2, 0.25) is 0 Å². The van der Waals surface area contributed by atoms with Crippen molar-refractivity contribution in [2.45, 2.75) is 26.9 Å². The molecule has 19 heavy (non-hydrogen) atoms. The second-order valence-electron chi connectivity index (χ2n) is 5.06. The summed E-state index contributed by atoms with van der Waals surface area (Å²) in [5.74, 6) is 1.44. The van der Waals surface area contributed by atoms with Crippen LogP contribution in [-0.2, 0) is 13.1 Å². The Kier molecular flexibility index (Phi) is 7.40. The molecular formula is C14H25N3O2. The molecule has 0 saturated carbocycles. The van der Waals surface area contributed by atoms with E-state index in [0.29, 0.717) is 19.0 Å². The zero-order valence-corrected chi connectivity index (χ0v) is 11.9. The van der Waals surface area contributed by atoms with E-state index in [0.717, 1.165) is 31.1 Å². The fourth-order valence-corrected chi connectivity index (χ4v) is 1.78. The highest BCUT2D eigenvalue weighted by Gasteiger charge is 2.09. The molecule has 1 heterocycles. The molecule has 0 atom stereocenters. The van der Waals surface area contributed by atoms with Crippen molar-refractivity contribution in [3.63, 3.8) is 0 Å². The van der Waals surface area contributed by atoms with E-state index in [1.54, 1.807) is 0 Å². The Hall–Kier alpha value is -1.17. The number of aromatic nitrogens is 1. The molecule has 0 aliphatic carbocycles. The van der Waals surface area contributed by atoms with Crippen LogP contribution in [0.1, 0.15) is 25.3 Å². The summed E-state index contributed by atoms with van der Waals surface area (Å²) >= 11 is 0. The predicted octanol–water partition coefficient (Wildman–Crippen LogP) is 1.40. The molecule has 0 radical (unpaired) electrons. The summed E-state index contributed by atoms with van der Waals surface area (Å²) in [7, 11) is 0. The summed E-state index contributed by atoms with van der Waals surface area (Å²) in [6, 6.07) is 1.96. The van der Waals surface area contributed by atoms with E-state index in [1.165, 1.54) is 0 Å². The van der Waals surface area contributed by atoms with Crippen LogP contribution < -0.4 is 5.32 Å². The number of hydrogen-bond acceptors (Lipinski definition) is 5. The Labute approximate surface area is 115 Å². The molecule has 1 rings (SSSR count). The van der Waals surface area contributed by atoms with Crippen LogP contribution in [0, 0.1) is 5.92 Å². The first-order chi connectivity index (χ1) is 9.15. The minimum absolute atomic E-state index is 0.130. The molecular weight excluding hydrogens is 242 g/mol. The summed E-state index contributed by atoms with van der Waals surface area (Å²) in [6.07, 6.45) is 1.82. The van der Waals surface area contributed by atoms with Gasteiger partial charge in [-0.05, 0) is 12.5 Å². The van der Waals surface area contributed by atoms with Crippen molar-refractivity contribution in [1.82, 2.24) is 15.4 Å². The quantitative estimate of drug-likeness (QED) is 0.628. The van der Waals surface area contributed by atoms with Crippen LogP contribution in [0.4, 0.5) is 0 Å². The largest absolute Gasteiger partial charge is 0.395 e. The fourth-order valence-electron chi connectivity index (χ4n) is 1.78. The van der Waals surface area contributed by atoms with Gasteiger partial charge in [-0.1, -0.05) is 25.1 Å². The van der Waals surface area contributed by atoms with Crippen molar-refractivity contribution >= 4 is 0 Å². The maximum atomic E-state index is 8.98. The highest BCUT2D eigenvalue weighted by atomic mass is 16.5. The average Bonchev–Trinajstić information content (AvgIpc) is 2.77. The smallest absolute Gasteiger partial charge is 0.151 e. The van der Waals surface area contributed by atoms with Gasteiger partial charge in [0, 0.05) is 25.7 Å². The van der Waals surface area contributed by atoms with Gasteiger partial charge >= 0.3 is 0 Å². The Bertz CT molecular complexity index is 363. The molecule has 0 saturated heterocycles. The minimum atomic E-state index is 0.130. The lowest BCUT2D eigenvalue weighted by molar-refractivity contribution is 0.189. The van der Waals surface area contributed by atoms with Gasteiger partial charge in [-0.2, -0.15) is 0 Å². The monoisotopic (exact) mass is 267 g/mol. The van der Waals surface area contributed by atoms with Gasteiger partial charge in [0.05, 0.1) is 18.8 Å². The number of nitrogens with zero attached hydrogens (tertiary/aromatic N) is 2. The van der Waals surface area contributed by atoms with Gasteiger partial charge in [0.2, 0.25) is 0 Å². The minimum Gasteiger partial charge on any atom is -0.395 e. The number of hydrogen-bond donors (Lipinski definition) is 2. The van der Waals surface area contributed by atoms with E-state index < -0.39 is 0 Å². The zero-order valence-electron chi connectivity index (χ0n) is 11.9. The summed E-state index contributed by atoms with van der Waals surface area (Å²) in [5.41, 5.74) is 0.915. The van der Waals surface area contributed by atoms with E-state index >= 15 is 0 Å². The fraction of sp³-hybridized carbons (Fsp3) is 0.643. The lowest BCUT2D eigenvalue weighted by Crippen LogP contribution is -2.26. The molecule has 0 unspecified atom stereocenters. The van der Waals surface area contributed by atoms with E-state index in [-0.39, 0.29) is 6.61 Å². The van der Waals surface area contributed by atoms with Crippen LogP contribution >= 0.6 is 0 Å². The first kappa shape index (κ1) is 15.9. The predicted molar refractivity (Wildman–Crippen MR) is 75.6 cm³/mol. The van der Waals surface area contributed by atoms with Crippen molar-refractivity contribution in [2.75, 3.05) is 26.2 Å². The molecule has 2 N–H and O–H groups in total. The van der Waals surface area contributed by atoms with E-state index in [9.17, 15) is 0 Å². The summed E-state index contributed by atoms with van der Waals surface area (Å²) < 4.78 is 5.30. The molecule has 1 aromatic rings. The molecule has 0 bridgehead atoms. The Morgan fingerprint density at radius 3 is 3.00 bits per heavy atom. The van der Waals surface area contributed by atoms with Gasteiger partial charge in [-0.3, -0.25) is 4.90 Å². The molecule has 5 heteroatoms. The van der Waals surface area contributed by atoms with Crippen LogP contribution in [0.25, 0.3) is 0 Å². The molecule has 5 nitrogen and oxygen atoms in total. The van der Waals surface area contributed by atoms with Gasteiger partial charge in [0.1, 0.15) is 0 Å². The van der Waals surface area contributed by atoms with Gasteiger partial charge in [0.25, 0.3) is 0 Å². The molecule has 0 amide bonds. The molecule has 0 fully saturated rings. The standard InChI is InChI=1S/C14H25N3O2/c1-4-5-17(6-7-18)11-14-8-13(16-19-14)10-15-9-12(2)3/h4,8,12,15,18H,1,5-7,9-11H2,2-3H3. The van der Waals surface area contributed by atoms with E-state index in [1.807, 2.05) is 12.1 Å². The normalized spacial score (nSPS) is 11.4. The Morgan fingerprint density at radius 1 is 1.58 bits per heavy atom. The van der Waals surface area contributed by atoms with Gasteiger partial charge in [0.15, 0.2) is 5.76 Å². The Morgan fingerprint density at radius 2 is 2.37 bits per heavy atom. The van der Waals surface area contributed by atoms with E-state index in [4.69, 9.17) is 9.63 Å². The van der Waals surface area contributed by atoms with Crippen molar-refractivity contribution in [3.8, 4) is 0 Å². The molecule has 0 aromatic carbocycles. The lowest BCUT2D eigenvalue weighted by Gasteiger charge is -2.16. The van der Waals surface area contributed by atoms with Crippen LogP contribution in [0.15, 0.2) is 23.2 Å². The Balaban J connectivity index is 2.41. The number of aliphatic hydroxyl groups excluding tert-OH is 1. The number of rotatable bonds is 10. The van der Waals surface area contributed by atoms with Crippen LogP contribution in [0.5, 0.6) is 0 Å². The number of nitrogens with one attached hydrogen (secondary N) is 1. The third kappa shape index (κ3) is 6.52. The van der Waals surface area contributed by atoms with Crippen molar-refractivity contribution in [3.05, 3.63) is 30.2 Å². The van der Waals surface area contributed by atoms with E-state index in [2.05, 4.69) is 35.8 Å². The first-order valence-electron chi connectivity index (χ1n) is 6.75. The topological polar surface area (TPSA) is 61.5 Å². The van der Waals surface area contributed by atoms with Crippen LogP contribution in [0.3, 0.4) is 0 Å². The van der Waals surface area contributed by atoms with Crippen LogP contribution in [-0.4, -0.2) is 41.4 Å².